The Labute approximate surface area is 219 Å². The van der Waals surface area contributed by atoms with Gasteiger partial charge in [-0.25, -0.2) is 9.78 Å². The van der Waals surface area contributed by atoms with Gasteiger partial charge in [0, 0.05) is 30.0 Å². The highest BCUT2D eigenvalue weighted by molar-refractivity contribution is 7.19. The van der Waals surface area contributed by atoms with E-state index in [2.05, 4.69) is 31.0 Å². The molecule has 5 rings (SSSR count). The highest BCUT2D eigenvalue weighted by Crippen LogP contribution is 2.36. The molecule has 0 radical (unpaired) electrons. The summed E-state index contributed by atoms with van der Waals surface area (Å²) in [5.74, 6) is -0.275. The van der Waals surface area contributed by atoms with Crippen LogP contribution in [0.5, 0.6) is 5.75 Å². The minimum atomic E-state index is -4.79. The Morgan fingerprint density at radius 3 is 2.53 bits per heavy atom. The minimum absolute atomic E-state index is 0.00887. The van der Waals surface area contributed by atoms with Crippen LogP contribution < -0.4 is 30.9 Å². The molecule has 0 bridgehead atoms. The van der Waals surface area contributed by atoms with Crippen molar-refractivity contribution in [3.63, 3.8) is 0 Å². The number of aromatic nitrogens is 1. The normalized spacial score (nSPS) is 16.2. The summed E-state index contributed by atoms with van der Waals surface area (Å²) >= 11 is 1.38. The van der Waals surface area contributed by atoms with E-state index in [4.69, 9.17) is 0 Å². The van der Waals surface area contributed by atoms with E-state index in [9.17, 15) is 22.8 Å². The Morgan fingerprint density at radius 2 is 1.82 bits per heavy atom. The number of alkyl halides is 3. The van der Waals surface area contributed by atoms with Crippen molar-refractivity contribution in [2.75, 3.05) is 33.2 Å². The van der Waals surface area contributed by atoms with Gasteiger partial charge < -0.3 is 30.9 Å². The van der Waals surface area contributed by atoms with Gasteiger partial charge in [-0.1, -0.05) is 17.4 Å². The summed E-state index contributed by atoms with van der Waals surface area (Å²) in [7, 11) is 1.90. The zero-order valence-corrected chi connectivity index (χ0v) is 20.8. The number of hydrogen-bond acceptors (Lipinski definition) is 7. The largest absolute Gasteiger partial charge is 0.573 e. The van der Waals surface area contributed by atoms with Crippen LogP contribution in [0.1, 0.15) is 18.5 Å². The number of likely N-dealkylation sites (N-methyl/N-ethyl adjacent to an activating group) is 1. The quantitative estimate of drug-likeness (QED) is 0.294. The molecular formula is C25H23F3N6O3S. The van der Waals surface area contributed by atoms with Gasteiger partial charge in [-0.2, -0.15) is 0 Å². The third-order valence-electron chi connectivity index (χ3n) is 5.82. The van der Waals surface area contributed by atoms with Gasteiger partial charge in [-0.05, 0) is 67.5 Å². The first-order valence-corrected chi connectivity index (χ1v) is 12.5. The van der Waals surface area contributed by atoms with Crippen LogP contribution in [0.15, 0.2) is 54.6 Å². The number of urea groups is 1. The summed E-state index contributed by atoms with van der Waals surface area (Å²) in [5, 5.41) is 13.0. The SMILES string of the molecule is CN(c1cccc(NC(=O)Nc2ccc(OC(F)(F)F)cc2)c1)C1C=Cc2nc(NC(=O)C3CC3)sc2N1. The van der Waals surface area contributed by atoms with Gasteiger partial charge >= 0.3 is 12.4 Å². The van der Waals surface area contributed by atoms with Gasteiger partial charge in [0.25, 0.3) is 0 Å². The summed E-state index contributed by atoms with van der Waals surface area (Å²) in [6.45, 7) is 0. The van der Waals surface area contributed by atoms with Gasteiger partial charge in [-0.3, -0.25) is 4.79 Å². The van der Waals surface area contributed by atoms with Crippen molar-refractivity contribution in [1.82, 2.24) is 4.98 Å². The van der Waals surface area contributed by atoms with Crippen molar-refractivity contribution >= 4 is 56.5 Å². The van der Waals surface area contributed by atoms with Crippen molar-refractivity contribution in [2.45, 2.75) is 25.4 Å². The molecule has 2 heterocycles. The Bertz CT molecular complexity index is 1370. The molecule has 2 aliphatic rings. The number of benzene rings is 2. The maximum Gasteiger partial charge on any atom is 0.573 e. The van der Waals surface area contributed by atoms with Gasteiger partial charge in [0.1, 0.15) is 16.9 Å². The van der Waals surface area contributed by atoms with Crippen LogP contribution in [0.4, 0.5) is 45.2 Å². The summed E-state index contributed by atoms with van der Waals surface area (Å²) in [4.78, 5) is 30.9. The lowest BCUT2D eigenvalue weighted by Crippen LogP contribution is -2.37. The molecule has 1 aromatic heterocycles. The molecule has 1 atom stereocenters. The molecule has 0 spiro atoms. The number of fused-ring (bicyclic) bond motifs is 1. The predicted octanol–water partition coefficient (Wildman–Crippen LogP) is 5.94. The number of thiazole rings is 1. The number of amides is 3. The first kappa shape index (κ1) is 25.4. The molecule has 1 fully saturated rings. The third-order valence-corrected chi connectivity index (χ3v) is 6.74. The monoisotopic (exact) mass is 544 g/mol. The number of carbonyl (C=O) groups is 2. The molecule has 1 aliphatic heterocycles. The molecule has 0 saturated heterocycles. The molecule has 4 N–H and O–H groups in total. The molecule has 198 valence electrons. The molecule has 3 aromatic rings. The van der Waals surface area contributed by atoms with E-state index in [0.717, 1.165) is 41.4 Å². The lowest BCUT2D eigenvalue weighted by atomic mass is 10.2. The number of anilines is 5. The van der Waals surface area contributed by atoms with Crippen molar-refractivity contribution in [3.8, 4) is 5.75 Å². The lowest BCUT2D eigenvalue weighted by molar-refractivity contribution is -0.274. The maximum absolute atomic E-state index is 12.4. The topological polar surface area (TPSA) is 108 Å². The van der Waals surface area contributed by atoms with Crippen molar-refractivity contribution in [3.05, 3.63) is 60.3 Å². The third kappa shape index (κ3) is 6.35. The van der Waals surface area contributed by atoms with Gasteiger partial charge in [0.05, 0.1) is 5.69 Å². The molecule has 13 heteroatoms. The van der Waals surface area contributed by atoms with E-state index in [0.29, 0.717) is 16.5 Å². The van der Waals surface area contributed by atoms with E-state index in [-0.39, 0.29) is 23.7 Å². The van der Waals surface area contributed by atoms with Crippen molar-refractivity contribution < 1.29 is 27.5 Å². The summed E-state index contributed by atoms with van der Waals surface area (Å²) in [6, 6.07) is 11.5. The van der Waals surface area contributed by atoms with Crippen LogP contribution in [0.3, 0.4) is 0 Å². The number of hydrogen-bond donors (Lipinski definition) is 4. The average Bonchev–Trinajstić information content (AvgIpc) is 3.64. The van der Waals surface area contributed by atoms with Crippen LogP contribution in [0, 0.1) is 5.92 Å². The van der Waals surface area contributed by atoms with Gasteiger partial charge in [0.15, 0.2) is 5.13 Å². The van der Waals surface area contributed by atoms with E-state index in [1.807, 2.05) is 30.2 Å². The number of halogens is 3. The number of nitrogens with one attached hydrogen (secondary N) is 4. The zero-order valence-electron chi connectivity index (χ0n) is 20.0. The van der Waals surface area contributed by atoms with Crippen LogP contribution in [-0.4, -0.2) is 36.5 Å². The number of carbonyl (C=O) groups excluding carboxylic acids is 2. The zero-order chi connectivity index (χ0) is 26.9. The molecule has 1 aliphatic carbocycles. The van der Waals surface area contributed by atoms with Crippen LogP contribution in [0.25, 0.3) is 6.08 Å². The predicted molar refractivity (Wildman–Crippen MR) is 141 cm³/mol. The first-order valence-electron chi connectivity index (χ1n) is 11.7. The second-order valence-electron chi connectivity index (χ2n) is 8.76. The number of rotatable bonds is 7. The first-order chi connectivity index (χ1) is 18.1. The maximum atomic E-state index is 12.4. The summed E-state index contributed by atoms with van der Waals surface area (Å²) < 4.78 is 40.7. The van der Waals surface area contributed by atoms with Crippen LogP contribution in [-0.2, 0) is 4.79 Å². The molecule has 1 saturated carbocycles. The molecule has 1 unspecified atom stereocenters. The van der Waals surface area contributed by atoms with E-state index >= 15 is 0 Å². The number of nitrogens with zero attached hydrogens (tertiary/aromatic N) is 2. The minimum Gasteiger partial charge on any atom is -0.406 e. The fourth-order valence-corrected chi connectivity index (χ4v) is 4.63. The van der Waals surface area contributed by atoms with Crippen LogP contribution in [0.2, 0.25) is 0 Å². The number of ether oxygens (including phenoxy) is 1. The van der Waals surface area contributed by atoms with Crippen LogP contribution >= 0.6 is 11.3 Å². The second kappa shape index (κ2) is 10.2. The van der Waals surface area contributed by atoms with Crippen molar-refractivity contribution in [2.24, 2.45) is 5.92 Å². The fourth-order valence-electron chi connectivity index (χ4n) is 3.74. The fraction of sp³-hybridized carbons (Fsp3) is 0.240. The van der Waals surface area contributed by atoms with E-state index < -0.39 is 12.4 Å². The Morgan fingerprint density at radius 1 is 1.08 bits per heavy atom. The standard InChI is InChI=1S/C25H23F3N6O3S/c1-34(20-12-11-19-22(32-20)38-24(31-19)33-21(35)14-5-6-14)17-4-2-3-16(13-17)30-23(36)29-15-7-9-18(10-8-15)37-25(26,27)28/h2-4,7-14,20,32H,5-6H2,1H3,(H2,29,30,36)(H,31,33,35). The highest BCUT2D eigenvalue weighted by atomic mass is 32.1. The lowest BCUT2D eigenvalue weighted by Gasteiger charge is -2.30. The molecule has 3 amide bonds. The van der Waals surface area contributed by atoms with Gasteiger partial charge in [0.2, 0.25) is 5.91 Å². The average molecular weight is 545 g/mol. The highest BCUT2D eigenvalue weighted by Gasteiger charge is 2.31. The summed E-state index contributed by atoms with van der Waals surface area (Å²) in [6.07, 6.45) is 0.713. The summed E-state index contributed by atoms with van der Waals surface area (Å²) in [5.41, 5.74) is 2.40. The molecule has 38 heavy (non-hydrogen) atoms. The molecular weight excluding hydrogens is 521 g/mol. The molecule has 9 nitrogen and oxygen atoms in total. The Kier molecular flexibility index (Phi) is 6.85. The van der Waals surface area contributed by atoms with Crippen molar-refractivity contribution in [1.29, 1.82) is 0 Å². The molecule has 2 aromatic carbocycles. The van der Waals surface area contributed by atoms with Gasteiger partial charge in [-0.15, -0.1) is 13.2 Å². The Balaban J connectivity index is 1.18. The Hall–Kier alpha value is -4.26. The smallest absolute Gasteiger partial charge is 0.406 e. The second-order valence-corrected chi connectivity index (χ2v) is 9.76. The van der Waals surface area contributed by atoms with E-state index in [1.165, 1.54) is 23.5 Å². The van der Waals surface area contributed by atoms with E-state index in [1.54, 1.807) is 18.2 Å².